The van der Waals surface area contributed by atoms with E-state index in [2.05, 4.69) is 10.6 Å². The number of benzene rings is 1. The van der Waals surface area contributed by atoms with Gasteiger partial charge in [0.15, 0.2) is 0 Å². The van der Waals surface area contributed by atoms with Crippen molar-refractivity contribution in [3.05, 3.63) is 28.8 Å². The summed E-state index contributed by atoms with van der Waals surface area (Å²) in [5.74, 6) is 0.0253. The van der Waals surface area contributed by atoms with Crippen LogP contribution in [0.15, 0.2) is 23.1 Å². The number of aryl methyl sites for hydroxylation is 1. The molecule has 2 amide bonds. The SMILES string of the molecule is CC(=O)NC(CSc1ccc(C)c(Cl)c1)C(=O)NCC1CCCO1. The molecule has 1 aliphatic rings. The van der Waals surface area contributed by atoms with Crippen molar-refractivity contribution >= 4 is 35.2 Å². The predicted octanol–water partition coefficient (Wildman–Crippen LogP) is 2.54. The van der Waals surface area contributed by atoms with Gasteiger partial charge in [0.1, 0.15) is 6.04 Å². The van der Waals surface area contributed by atoms with Gasteiger partial charge < -0.3 is 15.4 Å². The first kappa shape index (κ1) is 19.1. The molecular formula is C17H23ClN2O3S. The van der Waals surface area contributed by atoms with Crippen molar-refractivity contribution in [2.45, 2.75) is 43.7 Å². The largest absolute Gasteiger partial charge is 0.376 e. The summed E-state index contributed by atoms with van der Waals surface area (Å²) in [6, 6.07) is 5.18. The van der Waals surface area contributed by atoms with E-state index in [1.54, 1.807) is 0 Å². The number of ether oxygens (including phenoxy) is 1. The summed E-state index contributed by atoms with van der Waals surface area (Å²) in [6.45, 7) is 4.58. The van der Waals surface area contributed by atoms with Gasteiger partial charge in [0.2, 0.25) is 11.8 Å². The molecule has 132 valence electrons. The number of hydrogen-bond acceptors (Lipinski definition) is 4. The summed E-state index contributed by atoms with van der Waals surface area (Å²) >= 11 is 7.61. The van der Waals surface area contributed by atoms with Crippen LogP contribution in [0.5, 0.6) is 0 Å². The summed E-state index contributed by atoms with van der Waals surface area (Å²) in [4.78, 5) is 24.7. The summed E-state index contributed by atoms with van der Waals surface area (Å²) in [6.07, 6.45) is 2.07. The third-order valence-corrected chi connectivity index (χ3v) is 5.28. The maximum atomic E-state index is 12.4. The number of hydrogen-bond donors (Lipinski definition) is 2. The van der Waals surface area contributed by atoms with Crippen molar-refractivity contribution in [2.75, 3.05) is 18.9 Å². The van der Waals surface area contributed by atoms with Gasteiger partial charge in [-0.1, -0.05) is 17.7 Å². The van der Waals surface area contributed by atoms with Crippen LogP contribution < -0.4 is 10.6 Å². The topological polar surface area (TPSA) is 67.4 Å². The molecule has 0 spiro atoms. The molecule has 1 aromatic rings. The molecule has 0 aliphatic carbocycles. The maximum Gasteiger partial charge on any atom is 0.243 e. The van der Waals surface area contributed by atoms with Gasteiger partial charge in [-0.15, -0.1) is 11.8 Å². The van der Waals surface area contributed by atoms with Crippen LogP contribution in [0.4, 0.5) is 0 Å². The van der Waals surface area contributed by atoms with E-state index in [0.29, 0.717) is 17.3 Å². The number of halogens is 1. The number of nitrogens with one attached hydrogen (secondary N) is 2. The molecule has 5 nitrogen and oxygen atoms in total. The second-order valence-corrected chi connectivity index (χ2v) is 7.36. The van der Waals surface area contributed by atoms with Crippen LogP contribution in [-0.4, -0.2) is 42.9 Å². The molecule has 0 radical (unpaired) electrons. The lowest BCUT2D eigenvalue weighted by atomic mass is 10.2. The van der Waals surface area contributed by atoms with E-state index in [0.717, 1.165) is 29.9 Å². The number of rotatable bonds is 7. The van der Waals surface area contributed by atoms with Gasteiger partial charge in [-0.05, 0) is 37.5 Å². The number of carbonyl (C=O) groups excluding carboxylic acids is 2. The van der Waals surface area contributed by atoms with Crippen LogP contribution >= 0.6 is 23.4 Å². The highest BCUT2D eigenvalue weighted by Gasteiger charge is 2.22. The van der Waals surface area contributed by atoms with E-state index in [1.165, 1.54) is 18.7 Å². The summed E-state index contributed by atoms with van der Waals surface area (Å²) in [5, 5.41) is 6.27. The third kappa shape index (κ3) is 6.00. The highest BCUT2D eigenvalue weighted by atomic mass is 35.5. The molecule has 2 unspecified atom stereocenters. The fourth-order valence-corrected chi connectivity index (χ4v) is 3.62. The molecule has 7 heteroatoms. The van der Waals surface area contributed by atoms with Crippen LogP contribution in [-0.2, 0) is 14.3 Å². The molecule has 24 heavy (non-hydrogen) atoms. The average Bonchev–Trinajstić information content (AvgIpc) is 3.05. The molecule has 0 bridgehead atoms. The van der Waals surface area contributed by atoms with E-state index in [-0.39, 0.29) is 17.9 Å². The summed E-state index contributed by atoms with van der Waals surface area (Å²) < 4.78 is 5.50. The molecule has 1 aliphatic heterocycles. The number of thioether (sulfide) groups is 1. The first-order chi connectivity index (χ1) is 11.5. The van der Waals surface area contributed by atoms with Gasteiger partial charge in [-0.2, -0.15) is 0 Å². The zero-order valence-corrected chi connectivity index (χ0v) is 15.5. The van der Waals surface area contributed by atoms with Crippen molar-refractivity contribution in [2.24, 2.45) is 0 Å². The Morgan fingerprint density at radius 1 is 1.46 bits per heavy atom. The minimum Gasteiger partial charge on any atom is -0.376 e. The molecule has 1 fully saturated rings. The first-order valence-corrected chi connectivity index (χ1v) is 9.37. The van der Waals surface area contributed by atoms with E-state index in [1.807, 2.05) is 25.1 Å². The normalized spacial score (nSPS) is 18.2. The minimum absolute atomic E-state index is 0.0792. The highest BCUT2D eigenvalue weighted by molar-refractivity contribution is 7.99. The first-order valence-electron chi connectivity index (χ1n) is 8.01. The van der Waals surface area contributed by atoms with Crippen molar-refractivity contribution in [3.63, 3.8) is 0 Å². The molecule has 1 heterocycles. The van der Waals surface area contributed by atoms with Crippen LogP contribution in [0, 0.1) is 6.92 Å². The molecule has 2 rings (SSSR count). The fourth-order valence-electron chi connectivity index (χ4n) is 2.41. The molecule has 0 saturated carbocycles. The standard InChI is InChI=1S/C17H23ClN2O3S/c1-11-5-6-14(8-15(11)18)24-10-16(20-12(2)21)17(22)19-9-13-4-3-7-23-13/h5-6,8,13,16H,3-4,7,9-10H2,1-2H3,(H,19,22)(H,20,21). The molecule has 2 atom stereocenters. The van der Waals surface area contributed by atoms with Gasteiger partial charge in [0.05, 0.1) is 6.10 Å². The van der Waals surface area contributed by atoms with E-state index < -0.39 is 6.04 Å². The smallest absolute Gasteiger partial charge is 0.243 e. The Morgan fingerprint density at radius 3 is 2.88 bits per heavy atom. The lowest BCUT2D eigenvalue weighted by molar-refractivity contribution is -0.127. The Balaban J connectivity index is 1.89. The lowest BCUT2D eigenvalue weighted by Gasteiger charge is -2.19. The molecule has 0 aromatic heterocycles. The monoisotopic (exact) mass is 370 g/mol. The minimum atomic E-state index is -0.589. The van der Waals surface area contributed by atoms with Crippen LogP contribution in [0.1, 0.15) is 25.3 Å². The number of carbonyl (C=O) groups is 2. The van der Waals surface area contributed by atoms with Crippen molar-refractivity contribution in [1.29, 1.82) is 0 Å². The van der Waals surface area contributed by atoms with E-state index in [4.69, 9.17) is 16.3 Å². The molecule has 1 aromatic carbocycles. The quantitative estimate of drug-likeness (QED) is 0.724. The second-order valence-electron chi connectivity index (χ2n) is 5.86. The Kier molecular flexibility index (Phi) is 7.40. The Labute approximate surface area is 151 Å². The van der Waals surface area contributed by atoms with Crippen LogP contribution in [0.3, 0.4) is 0 Å². The Bertz CT molecular complexity index is 591. The van der Waals surface area contributed by atoms with E-state index >= 15 is 0 Å². The zero-order chi connectivity index (χ0) is 17.5. The summed E-state index contributed by atoms with van der Waals surface area (Å²) in [7, 11) is 0. The van der Waals surface area contributed by atoms with Crippen molar-refractivity contribution in [3.8, 4) is 0 Å². The van der Waals surface area contributed by atoms with Gasteiger partial charge in [-0.3, -0.25) is 9.59 Å². The highest BCUT2D eigenvalue weighted by Crippen LogP contribution is 2.25. The zero-order valence-electron chi connectivity index (χ0n) is 13.9. The van der Waals surface area contributed by atoms with Gasteiger partial charge in [-0.25, -0.2) is 0 Å². The Hall–Kier alpha value is -1.24. The van der Waals surface area contributed by atoms with Gasteiger partial charge in [0.25, 0.3) is 0 Å². The van der Waals surface area contributed by atoms with E-state index in [9.17, 15) is 9.59 Å². The predicted molar refractivity (Wildman–Crippen MR) is 96.5 cm³/mol. The fraction of sp³-hybridized carbons (Fsp3) is 0.529. The lowest BCUT2D eigenvalue weighted by Crippen LogP contribution is -2.49. The van der Waals surface area contributed by atoms with Crippen LogP contribution in [0.2, 0.25) is 5.02 Å². The molecular weight excluding hydrogens is 348 g/mol. The van der Waals surface area contributed by atoms with Gasteiger partial charge >= 0.3 is 0 Å². The molecule has 2 N–H and O–H groups in total. The summed E-state index contributed by atoms with van der Waals surface area (Å²) in [5.41, 5.74) is 1.01. The third-order valence-electron chi connectivity index (χ3n) is 3.78. The van der Waals surface area contributed by atoms with Crippen molar-refractivity contribution in [1.82, 2.24) is 10.6 Å². The number of amides is 2. The molecule has 1 saturated heterocycles. The van der Waals surface area contributed by atoms with Crippen LogP contribution in [0.25, 0.3) is 0 Å². The second kappa shape index (κ2) is 9.30. The maximum absolute atomic E-state index is 12.4. The van der Waals surface area contributed by atoms with Gasteiger partial charge in [0, 0.05) is 35.7 Å². The Morgan fingerprint density at radius 2 is 2.25 bits per heavy atom. The van der Waals surface area contributed by atoms with Crippen molar-refractivity contribution < 1.29 is 14.3 Å². The average molecular weight is 371 g/mol.